The second-order valence-electron chi connectivity index (χ2n) is 4.91. The van der Waals surface area contributed by atoms with Gasteiger partial charge in [0.05, 0.1) is 22.9 Å². The summed E-state index contributed by atoms with van der Waals surface area (Å²) >= 11 is 7.40. The fourth-order valence-electron chi connectivity index (χ4n) is 2.40. The first-order valence-electron chi connectivity index (χ1n) is 6.92. The van der Waals surface area contributed by atoms with Gasteiger partial charge in [0.15, 0.2) is 0 Å². The number of para-hydroxylation sites is 1. The van der Waals surface area contributed by atoms with E-state index in [0.29, 0.717) is 6.54 Å². The van der Waals surface area contributed by atoms with Crippen LogP contribution in [0.3, 0.4) is 0 Å². The molecule has 112 valence electrons. The van der Waals surface area contributed by atoms with Crippen molar-refractivity contribution in [2.75, 3.05) is 10.8 Å². The number of amides is 1. The summed E-state index contributed by atoms with van der Waals surface area (Å²) in [6, 6.07) is 6.10. The number of nitrogens with zero attached hydrogens (tertiary/aromatic N) is 2. The normalized spacial score (nSPS) is 10.7. The molecule has 1 aromatic heterocycles. The van der Waals surface area contributed by atoms with E-state index in [1.54, 1.807) is 16.2 Å². The molecule has 1 amide bonds. The highest BCUT2D eigenvalue weighted by atomic mass is 35.5. The average molecular weight is 323 g/mol. The first-order chi connectivity index (χ1) is 10.1. The van der Waals surface area contributed by atoms with Crippen LogP contribution >= 0.6 is 22.9 Å². The van der Waals surface area contributed by atoms with Crippen molar-refractivity contribution in [2.24, 2.45) is 0 Å². The molecular weight excluding hydrogens is 304 g/mol. The smallest absolute Gasteiger partial charge is 0.242 e. The molecule has 0 aliphatic carbocycles. The molecule has 0 aliphatic rings. The maximum absolute atomic E-state index is 12.3. The molecule has 0 N–H and O–H groups in total. The van der Waals surface area contributed by atoms with Crippen molar-refractivity contribution < 1.29 is 4.79 Å². The van der Waals surface area contributed by atoms with E-state index < -0.39 is 0 Å². The molecular formula is C16H19ClN2OS. The van der Waals surface area contributed by atoms with Gasteiger partial charge in [0, 0.05) is 5.38 Å². The highest BCUT2D eigenvalue weighted by molar-refractivity contribution is 7.09. The van der Waals surface area contributed by atoms with Gasteiger partial charge in [0.2, 0.25) is 5.91 Å². The molecule has 2 rings (SSSR count). The van der Waals surface area contributed by atoms with Crippen LogP contribution in [0, 0.1) is 13.8 Å². The molecule has 0 unspecified atom stereocenters. The first-order valence-corrected chi connectivity index (χ1v) is 8.34. The summed E-state index contributed by atoms with van der Waals surface area (Å²) in [4.78, 5) is 18.5. The maximum atomic E-state index is 12.3. The number of aryl methyl sites for hydroxylation is 3. The third kappa shape index (κ3) is 3.63. The molecule has 0 saturated heterocycles. The largest absolute Gasteiger partial charge is 0.305 e. The Bertz CT molecular complexity index is 639. The van der Waals surface area contributed by atoms with Crippen molar-refractivity contribution in [2.45, 2.75) is 33.7 Å². The van der Waals surface area contributed by atoms with E-state index in [9.17, 15) is 4.79 Å². The summed E-state index contributed by atoms with van der Waals surface area (Å²) in [6.07, 6.45) is 0.874. The van der Waals surface area contributed by atoms with Crippen LogP contribution in [0.2, 0.25) is 0 Å². The molecule has 21 heavy (non-hydrogen) atoms. The highest BCUT2D eigenvalue weighted by Gasteiger charge is 2.20. The van der Waals surface area contributed by atoms with Gasteiger partial charge in [-0.3, -0.25) is 4.79 Å². The molecule has 1 aromatic carbocycles. The third-order valence-electron chi connectivity index (χ3n) is 3.37. The number of thiazole rings is 1. The lowest BCUT2D eigenvalue weighted by Gasteiger charge is -2.25. The molecule has 5 heteroatoms. The zero-order valence-corrected chi connectivity index (χ0v) is 14.1. The minimum absolute atomic E-state index is 0.0272. The number of halogens is 1. The minimum Gasteiger partial charge on any atom is -0.305 e. The van der Waals surface area contributed by atoms with Crippen molar-refractivity contribution in [1.29, 1.82) is 0 Å². The molecule has 0 spiro atoms. The summed E-state index contributed by atoms with van der Waals surface area (Å²) in [5.74, 6) is -0.119. The van der Waals surface area contributed by atoms with Gasteiger partial charge in [-0.2, -0.15) is 0 Å². The average Bonchev–Trinajstić information content (AvgIpc) is 2.89. The lowest BCUT2D eigenvalue weighted by molar-refractivity contribution is -0.116. The number of aromatic nitrogens is 1. The zero-order valence-electron chi connectivity index (χ0n) is 12.5. The Labute approximate surface area is 134 Å². The molecule has 3 nitrogen and oxygen atoms in total. The fraction of sp³-hybridized carbons (Fsp3) is 0.375. The molecule has 0 saturated carbocycles. The molecule has 0 aliphatic heterocycles. The monoisotopic (exact) mass is 322 g/mol. The van der Waals surface area contributed by atoms with E-state index in [2.05, 4.69) is 18.0 Å². The summed E-state index contributed by atoms with van der Waals surface area (Å²) in [6.45, 7) is 6.55. The second-order valence-corrected chi connectivity index (χ2v) is 6.24. The van der Waals surface area contributed by atoms with Gasteiger partial charge in [0.25, 0.3) is 0 Å². The fourth-order valence-corrected chi connectivity index (χ4v) is 3.15. The van der Waals surface area contributed by atoms with Crippen LogP contribution in [0.4, 0.5) is 5.69 Å². The summed E-state index contributed by atoms with van der Waals surface area (Å²) < 4.78 is 0. The van der Waals surface area contributed by atoms with Crippen molar-refractivity contribution in [3.05, 3.63) is 45.4 Å². The Morgan fingerprint density at radius 3 is 2.71 bits per heavy atom. The summed E-state index contributed by atoms with van der Waals surface area (Å²) in [5.41, 5.74) is 4.11. The van der Waals surface area contributed by atoms with E-state index in [0.717, 1.165) is 33.9 Å². The SMILES string of the molecule is CCc1cccc(C)c1N(Cc1csc(C)n1)C(=O)CCl. The van der Waals surface area contributed by atoms with Gasteiger partial charge in [-0.25, -0.2) is 4.98 Å². The number of hydrogen-bond acceptors (Lipinski definition) is 3. The zero-order chi connectivity index (χ0) is 15.4. The van der Waals surface area contributed by atoms with E-state index in [1.807, 2.05) is 31.4 Å². The van der Waals surface area contributed by atoms with Gasteiger partial charge >= 0.3 is 0 Å². The molecule has 0 bridgehead atoms. The Morgan fingerprint density at radius 1 is 1.38 bits per heavy atom. The van der Waals surface area contributed by atoms with Crippen molar-refractivity contribution in [3.63, 3.8) is 0 Å². The van der Waals surface area contributed by atoms with Crippen molar-refractivity contribution in [1.82, 2.24) is 4.98 Å². The number of carbonyl (C=O) groups excluding carboxylic acids is 1. The van der Waals surface area contributed by atoms with Gasteiger partial charge in [-0.1, -0.05) is 25.1 Å². The van der Waals surface area contributed by atoms with Crippen LogP contribution in [-0.4, -0.2) is 16.8 Å². The summed E-state index contributed by atoms with van der Waals surface area (Å²) in [5, 5.41) is 3.00. The van der Waals surface area contributed by atoms with Crippen LogP contribution in [-0.2, 0) is 17.8 Å². The standard InChI is InChI=1S/C16H19ClN2OS/c1-4-13-7-5-6-11(2)16(13)19(15(20)8-17)9-14-10-21-12(3)18-14/h5-7,10H,4,8-9H2,1-3H3. The van der Waals surface area contributed by atoms with Crippen molar-refractivity contribution >= 4 is 34.5 Å². The number of alkyl halides is 1. The Balaban J connectivity index is 2.43. The quantitative estimate of drug-likeness (QED) is 0.777. The number of benzene rings is 1. The molecule has 0 radical (unpaired) electrons. The van der Waals surface area contributed by atoms with E-state index >= 15 is 0 Å². The van der Waals surface area contributed by atoms with Crippen LogP contribution in [0.5, 0.6) is 0 Å². The topological polar surface area (TPSA) is 33.2 Å². The number of rotatable bonds is 5. The molecule has 1 heterocycles. The lowest BCUT2D eigenvalue weighted by atomic mass is 10.0. The van der Waals surface area contributed by atoms with Crippen LogP contribution < -0.4 is 4.90 Å². The van der Waals surface area contributed by atoms with E-state index in [4.69, 9.17) is 11.6 Å². The Hall–Kier alpha value is -1.39. The number of hydrogen-bond donors (Lipinski definition) is 0. The highest BCUT2D eigenvalue weighted by Crippen LogP contribution is 2.28. The minimum atomic E-state index is -0.0914. The third-order valence-corrected chi connectivity index (χ3v) is 4.43. The summed E-state index contributed by atoms with van der Waals surface area (Å²) in [7, 11) is 0. The number of carbonyl (C=O) groups is 1. The molecule has 2 aromatic rings. The van der Waals surface area contributed by atoms with Gasteiger partial charge < -0.3 is 4.90 Å². The predicted octanol–water partition coefficient (Wildman–Crippen LogP) is 4.09. The second kappa shape index (κ2) is 7.05. The maximum Gasteiger partial charge on any atom is 0.242 e. The van der Waals surface area contributed by atoms with Crippen LogP contribution in [0.15, 0.2) is 23.6 Å². The van der Waals surface area contributed by atoms with Gasteiger partial charge in [0.1, 0.15) is 5.88 Å². The van der Waals surface area contributed by atoms with E-state index in [1.165, 1.54) is 0 Å². The van der Waals surface area contributed by atoms with Crippen molar-refractivity contribution in [3.8, 4) is 0 Å². The number of anilines is 1. The van der Waals surface area contributed by atoms with E-state index in [-0.39, 0.29) is 11.8 Å². The molecule has 0 atom stereocenters. The van der Waals surface area contributed by atoms with Crippen LogP contribution in [0.1, 0.15) is 28.8 Å². The Kier molecular flexibility index (Phi) is 5.37. The first kappa shape index (κ1) is 16.0. The molecule has 0 fully saturated rings. The lowest BCUT2D eigenvalue weighted by Crippen LogP contribution is -2.33. The van der Waals surface area contributed by atoms with Crippen LogP contribution in [0.25, 0.3) is 0 Å². The van der Waals surface area contributed by atoms with Gasteiger partial charge in [-0.05, 0) is 31.4 Å². The predicted molar refractivity (Wildman–Crippen MR) is 89.3 cm³/mol. The van der Waals surface area contributed by atoms with Gasteiger partial charge in [-0.15, -0.1) is 22.9 Å². The Morgan fingerprint density at radius 2 is 2.14 bits per heavy atom.